The number of halogens is 1. The molecule has 1 amide bonds. The zero-order chi connectivity index (χ0) is 16.5. The molecular weight excluding hydrogens is 287 g/mol. The molecule has 6 heteroatoms. The van der Waals surface area contributed by atoms with Crippen molar-refractivity contribution < 1.29 is 19.1 Å². The number of pyridine rings is 1. The molecule has 0 aliphatic carbocycles. The minimum absolute atomic E-state index is 0.0712. The smallest absolute Gasteiger partial charge is 0.303 e. The number of carboxylic acids is 1. The molecule has 1 aromatic carbocycles. The lowest BCUT2D eigenvalue weighted by atomic mass is 9.98. The van der Waals surface area contributed by atoms with E-state index in [4.69, 9.17) is 10.8 Å². The Morgan fingerprint density at radius 2 is 1.73 bits per heavy atom. The summed E-state index contributed by atoms with van der Waals surface area (Å²) in [7, 11) is 0. The Balaban J connectivity index is 0.000000235. The Bertz CT molecular complexity index is 615. The van der Waals surface area contributed by atoms with Gasteiger partial charge in [-0.3, -0.25) is 14.6 Å². The first-order valence-corrected chi connectivity index (χ1v) is 6.57. The van der Waals surface area contributed by atoms with Gasteiger partial charge in [0.15, 0.2) is 0 Å². The van der Waals surface area contributed by atoms with Crippen molar-refractivity contribution in [3.8, 4) is 0 Å². The number of hydrogen-bond acceptors (Lipinski definition) is 3. The van der Waals surface area contributed by atoms with Gasteiger partial charge in [-0.2, -0.15) is 0 Å². The van der Waals surface area contributed by atoms with Crippen molar-refractivity contribution in [1.29, 1.82) is 0 Å². The van der Waals surface area contributed by atoms with E-state index in [0.29, 0.717) is 5.56 Å². The highest BCUT2D eigenvalue weighted by atomic mass is 19.1. The van der Waals surface area contributed by atoms with E-state index in [-0.39, 0.29) is 18.2 Å². The van der Waals surface area contributed by atoms with Crippen molar-refractivity contribution in [2.24, 2.45) is 5.73 Å². The number of nitrogens with two attached hydrogens (primary N) is 1. The van der Waals surface area contributed by atoms with E-state index in [9.17, 15) is 14.0 Å². The van der Waals surface area contributed by atoms with Crippen LogP contribution in [0.1, 0.15) is 35.2 Å². The number of rotatable bonds is 4. The van der Waals surface area contributed by atoms with E-state index in [2.05, 4.69) is 4.98 Å². The van der Waals surface area contributed by atoms with Gasteiger partial charge in [0.1, 0.15) is 5.82 Å². The SMILES string of the molecule is C[C@H](CC(=O)O)c1ccc(F)cc1.NC(=O)c1ccncc1. The van der Waals surface area contributed by atoms with Gasteiger partial charge in [-0.25, -0.2) is 4.39 Å². The lowest BCUT2D eigenvalue weighted by molar-refractivity contribution is -0.137. The molecule has 0 saturated carbocycles. The zero-order valence-electron chi connectivity index (χ0n) is 12.1. The Labute approximate surface area is 127 Å². The van der Waals surface area contributed by atoms with Crippen LogP contribution in [0, 0.1) is 5.82 Å². The van der Waals surface area contributed by atoms with Crippen molar-refractivity contribution in [3.63, 3.8) is 0 Å². The lowest BCUT2D eigenvalue weighted by Crippen LogP contribution is -2.10. The predicted octanol–water partition coefficient (Wildman–Crippen LogP) is 2.58. The molecule has 22 heavy (non-hydrogen) atoms. The topological polar surface area (TPSA) is 93.3 Å². The second-order valence-corrected chi connectivity index (χ2v) is 4.65. The molecule has 0 radical (unpaired) electrons. The van der Waals surface area contributed by atoms with E-state index >= 15 is 0 Å². The van der Waals surface area contributed by atoms with Crippen molar-refractivity contribution in [1.82, 2.24) is 4.98 Å². The first-order valence-electron chi connectivity index (χ1n) is 6.57. The quantitative estimate of drug-likeness (QED) is 0.907. The van der Waals surface area contributed by atoms with Crippen LogP contribution < -0.4 is 5.73 Å². The minimum atomic E-state index is -0.836. The molecule has 2 rings (SSSR count). The van der Waals surface area contributed by atoms with E-state index in [1.54, 1.807) is 31.2 Å². The van der Waals surface area contributed by atoms with Gasteiger partial charge in [0.05, 0.1) is 6.42 Å². The van der Waals surface area contributed by atoms with Crippen LogP contribution in [0.25, 0.3) is 0 Å². The number of carboxylic acid groups (broad SMARTS) is 1. The third-order valence-corrected chi connectivity index (χ3v) is 2.88. The molecule has 1 atom stereocenters. The summed E-state index contributed by atoms with van der Waals surface area (Å²) in [5, 5.41) is 8.53. The van der Waals surface area contributed by atoms with Gasteiger partial charge >= 0.3 is 5.97 Å². The molecule has 0 aliphatic rings. The van der Waals surface area contributed by atoms with Crippen molar-refractivity contribution in [3.05, 3.63) is 65.7 Å². The van der Waals surface area contributed by atoms with Crippen LogP contribution in [0.15, 0.2) is 48.8 Å². The van der Waals surface area contributed by atoms with Gasteiger partial charge in [0, 0.05) is 18.0 Å². The summed E-state index contributed by atoms with van der Waals surface area (Å²) in [6.45, 7) is 1.81. The number of hydrogen-bond donors (Lipinski definition) is 2. The number of aromatic nitrogens is 1. The number of primary amides is 1. The molecule has 0 spiro atoms. The maximum atomic E-state index is 12.5. The highest BCUT2D eigenvalue weighted by Gasteiger charge is 2.09. The van der Waals surface area contributed by atoms with E-state index in [1.807, 2.05) is 0 Å². The molecule has 3 N–H and O–H groups in total. The summed E-state index contributed by atoms with van der Waals surface area (Å²) in [5.74, 6) is -1.63. The number of carbonyl (C=O) groups excluding carboxylic acids is 1. The number of aliphatic carboxylic acids is 1. The minimum Gasteiger partial charge on any atom is -0.481 e. The fraction of sp³-hybridized carbons (Fsp3) is 0.188. The largest absolute Gasteiger partial charge is 0.481 e. The molecule has 116 valence electrons. The maximum absolute atomic E-state index is 12.5. The highest BCUT2D eigenvalue weighted by molar-refractivity contribution is 5.92. The van der Waals surface area contributed by atoms with Crippen LogP contribution in [0.2, 0.25) is 0 Å². The van der Waals surface area contributed by atoms with Crippen molar-refractivity contribution >= 4 is 11.9 Å². The van der Waals surface area contributed by atoms with Gasteiger partial charge in [0.25, 0.3) is 0 Å². The van der Waals surface area contributed by atoms with Crippen LogP contribution in [-0.4, -0.2) is 22.0 Å². The number of carbonyl (C=O) groups is 2. The van der Waals surface area contributed by atoms with E-state index in [0.717, 1.165) is 5.56 Å². The third-order valence-electron chi connectivity index (χ3n) is 2.88. The summed E-state index contributed by atoms with van der Waals surface area (Å²) >= 11 is 0. The first-order chi connectivity index (χ1) is 10.4. The summed E-state index contributed by atoms with van der Waals surface area (Å²) in [6, 6.07) is 9.05. The van der Waals surface area contributed by atoms with E-state index < -0.39 is 11.9 Å². The summed E-state index contributed by atoms with van der Waals surface area (Å²) in [4.78, 5) is 24.5. The van der Waals surface area contributed by atoms with Gasteiger partial charge in [-0.15, -0.1) is 0 Å². The first kappa shape index (κ1) is 17.3. The molecule has 0 aliphatic heterocycles. The second kappa shape index (κ2) is 8.51. The molecule has 0 saturated heterocycles. The molecule has 5 nitrogen and oxygen atoms in total. The number of amides is 1. The normalized spacial score (nSPS) is 11.0. The molecule has 2 aromatic rings. The predicted molar refractivity (Wildman–Crippen MR) is 79.8 cm³/mol. The van der Waals surface area contributed by atoms with Gasteiger partial charge in [-0.05, 0) is 35.7 Å². The lowest BCUT2D eigenvalue weighted by Gasteiger charge is -2.07. The molecular formula is C16H17FN2O3. The zero-order valence-corrected chi connectivity index (χ0v) is 12.1. The maximum Gasteiger partial charge on any atom is 0.303 e. The summed E-state index contributed by atoms with van der Waals surface area (Å²) in [5.41, 5.74) is 6.29. The third kappa shape index (κ3) is 6.13. The van der Waals surface area contributed by atoms with Crippen LogP contribution in [-0.2, 0) is 4.79 Å². The molecule has 1 aromatic heterocycles. The summed E-state index contributed by atoms with van der Waals surface area (Å²) < 4.78 is 12.5. The van der Waals surface area contributed by atoms with Crippen molar-refractivity contribution in [2.75, 3.05) is 0 Å². The van der Waals surface area contributed by atoms with E-state index in [1.165, 1.54) is 24.5 Å². The average molecular weight is 304 g/mol. The molecule has 1 heterocycles. The van der Waals surface area contributed by atoms with Gasteiger partial charge < -0.3 is 10.8 Å². The fourth-order valence-electron chi connectivity index (χ4n) is 1.69. The van der Waals surface area contributed by atoms with Crippen LogP contribution in [0.5, 0.6) is 0 Å². The molecule has 0 unspecified atom stereocenters. The van der Waals surface area contributed by atoms with Gasteiger partial charge in [0.2, 0.25) is 5.91 Å². The van der Waals surface area contributed by atoms with Crippen LogP contribution in [0.3, 0.4) is 0 Å². The monoisotopic (exact) mass is 304 g/mol. The van der Waals surface area contributed by atoms with Gasteiger partial charge in [-0.1, -0.05) is 19.1 Å². The Hall–Kier alpha value is -2.76. The van der Waals surface area contributed by atoms with Crippen LogP contribution >= 0.6 is 0 Å². The second-order valence-electron chi connectivity index (χ2n) is 4.65. The number of benzene rings is 1. The Kier molecular flexibility index (Phi) is 6.69. The average Bonchev–Trinajstić information content (AvgIpc) is 2.48. The van der Waals surface area contributed by atoms with Crippen molar-refractivity contribution in [2.45, 2.75) is 19.3 Å². The molecule has 0 bridgehead atoms. The molecule has 0 fully saturated rings. The highest BCUT2D eigenvalue weighted by Crippen LogP contribution is 2.18. The Morgan fingerprint density at radius 1 is 1.18 bits per heavy atom. The number of nitrogens with zero attached hydrogens (tertiary/aromatic N) is 1. The summed E-state index contributed by atoms with van der Waals surface area (Å²) in [6.07, 6.45) is 3.13. The van der Waals surface area contributed by atoms with Crippen LogP contribution in [0.4, 0.5) is 4.39 Å². The Morgan fingerprint density at radius 3 is 2.14 bits per heavy atom. The standard InChI is InChI=1S/C10H11FO2.C6H6N2O/c1-7(6-10(12)13)8-2-4-9(11)5-3-8;7-6(9)5-1-3-8-4-2-5/h2-5,7H,6H2,1H3,(H,12,13);1-4H,(H2,7,9)/t7-;/m1./s1. The fourth-order valence-corrected chi connectivity index (χ4v) is 1.69.